The van der Waals surface area contributed by atoms with E-state index >= 15 is 0 Å². The van der Waals surface area contributed by atoms with Gasteiger partial charge in [-0.3, -0.25) is 0 Å². The third-order valence-electron chi connectivity index (χ3n) is 11.7. The summed E-state index contributed by atoms with van der Waals surface area (Å²) in [5.74, 6) is 0.682. The molecule has 0 N–H and O–H groups in total. The maximum absolute atomic E-state index is 9.21. The topological polar surface area (TPSA) is 49.6 Å². The summed E-state index contributed by atoms with van der Waals surface area (Å²) in [6.07, 6.45) is 0. The average Bonchev–Trinajstić information content (AvgIpc) is 3.33. The molecule has 0 spiro atoms. The quantitative estimate of drug-likeness (QED) is 0.125. The molecule has 1 aromatic heterocycles. The van der Waals surface area contributed by atoms with Crippen molar-refractivity contribution in [2.24, 2.45) is 0 Å². The lowest BCUT2D eigenvalue weighted by molar-refractivity contribution is 1.18. The Morgan fingerprint density at radius 2 is 0.800 bits per heavy atom. The van der Waals surface area contributed by atoms with E-state index in [-0.39, 0.29) is 0 Å². The molecule has 0 radical (unpaired) electrons. The number of rotatable bonds is 6. The first-order chi connectivity index (χ1) is 29.6. The Hall–Kier alpha value is -8.19. The molecule has 11 rings (SSSR count). The van der Waals surface area contributed by atoms with Crippen LogP contribution in [0.2, 0.25) is 0 Å². The van der Waals surface area contributed by atoms with E-state index < -0.39 is 0 Å². The molecule has 0 bridgehead atoms. The van der Waals surface area contributed by atoms with Crippen molar-refractivity contribution < 1.29 is 0 Å². The molecule has 278 valence electrons. The zero-order valence-electron chi connectivity index (χ0n) is 32.5. The number of aromatic nitrogens is 2. The van der Waals surface area contributed by atoms with Crippen molar-refractivity contribution in [1.29, 1.82) is 5.26 Å². The van der Waals surface area contributed by atoms with Crippen LogP contribution >= 0.6 is 0 Å². The van der Waals surface area contributed by atoms with E-state index in [1.165, 1.54) is 59.8 Å². The summed E-state index contributed by atoms with van der Waals surface area (Å²) in [6.45, 7) is 0. The molecule has 0 atom stereocenters. The van der Waals surface area contributed by atoms with Gasteiger partial charge in [-0.1, -0.05) is 176 Å². The summed E-state index contributed by atoms with van der Waals surface area (Å²) in [4.78, 5) is 10.1. The van der Waals surface area contributed by atoms with Gasteiger partial charge in [0.05, 0.1) is 23.0 Å². The Kier molecular flexibility index (Phi) is 8.54. The molecule has 0 fully saturated rings. The summed E-state index contributed by atoms with van der Waals surface area (Å²) >= 11 is 0. The molecule has 0 amide bonds. The zero-order chi connectivity index (χ0) is 40.0. The minimum atomic E-state index is 0.650. The summed E-state index contributed by atoms with van der Waals surface area (Å²) in [5, 5.41) is 19.2. The highest BCUT2D eigenvalue weighted by atomic mass is 14.9. The molecular weight excluding hydrogens is 727 g/mol. The maximum Gasteiger partial charge on any atom is 0.160 e. The van der Waals surface area contributed by atoms with E-state index in [0.717, 1.165) is 44.8 Å². The molecule has 60 heavy (non-hydrogen) atoms. The van der Waals surface area contributed by atoms with Crippen molar-refractivity contribution in [2.75, 3.05) is 0 Å². The van der Waals surface area contributed by atoms with Gasteiger partial charge in [-0.15, -0.1) is 0 Å². The lowest BCUT2D eigenvalue weighted by Crippen LogP contribution is -1.96. The van der Waals surface area contributed by atoms with Crippen LogP contribution in [0.4, 0.5) is 0 Å². The van der Waals surface area contributed by atoms with Crippen molar-refractivity contribution in [1.82, 2.24) is 9.97 Å². The second-order valence-corrected chi connectivity index (χ2v) is 15.3. The number of fused-ring (bicyclic) bond motifs is 5. The largest absolute Gasteiger partial charge is 0.228 e. The van der Waals surface area contributed by atoms with E-state index in [2.05, 4.69) is 176 Å². The fourth-order valence-corrected chi connectivity index (χ4v) is 8.58. The van der Waals surface area contributed by atoms with Crippen LogP contribution in [-0.4, -0.2) is 9.97 Å². The van der Waals surface area contributed by atoms with Crippen LogP contribution in [0.15, 0.2) is 212 Å². The molecule has 1 heterocycles. The normalized spacial score (nSPS) is 11.3. The van der Waals surface area contributed by atoms with Crippen molar-refractivity contribution in [3.8, 4) is 73.4 Å². The number of nitrogens with zero attached hydrogens (tertiary/aromatic N) is 3. The van der Waals surface area contributed by atoms with Gasteiger partial charge in [0.2, 0.25) is 0 Å². The fraction of sp³-hybridized carbons (Fsp3) is 0. The molecule has 3 heteroatoms. The molecule has 10 aromatic carbocycles. The van der Waals surface area contributed by atoms with E-state index in [9.17, 15) is 5.26 Å². The Bertz CT molecular complexity index is 3450. The minimum Gasteiger partial charge on any atom is -0.228 e. The van der Waals surface area contributed by atoms with Crippen LogP contribution in [0.3, 0.4) is 0 Å². The Labute approximate surface area is 348 Å². The van der Waals surface area contributed by atoms with E-state index in [1.807, 2.05) is 42.5 Å². The van der Waals surface area contributed by atoms with Crippen LogP contribution in [0.5, 0.6) is 0 Å². The van der Waals surface area contributed by atoms with Crippen LogP contribution in [0, 0.1) is 11.3 Å². The third kappa shape index (κ3) is 6.34. The van der Waals surface area contributed by atoms with Gasteiger partial charge < -0.3 is 0 Å². The number of nitriles is 1. The molecule has 3 nitrogen and oxygen atoms in total. The summed E-state index contributed by atoms with van der Waals surface area (Å²) < 4.78 is 0. The predicted molar refractivity (Wildman–Crippen MR) is 249 cm³/mol. The molecular formula is C57H35N3. The second kappa shape index (κ2) is 14.6. The van der Waals surface area contributed by atoms with Gasteiger partial charge in [0.1, 0.15) is 0 Å². The summed E-state index contributed by atoms with van der Waals surface area (Å²) in [5.41, 5.74) is 12.3. The van der Waals surface area contributed by atoms with Crippen LogP contribution < -0.4 is 0 Å². The van der Waals surface area contributed by atoms with Crippen LogP contribution in [-0.2, 0) is 0 Å². The molecule has 0 unspecified atom stereocenters. The first-order valence-electron chi connectivity index (χ1n) is 20.2. The summed E-state index contributed by atoms with van der Waals surface area (Å²) in [7, 11) is 0. The van der Waals surface area contributed by atoms with Crippen LogP contribution in [0.1, 0.15) is 5.56 Å². The van der Waals surface area contributed by atoms with Crippen molar-refractivity contribution in [2.45, 2.75) is 0 Å². The first-order valence-corrected chi connectivity index (χ1v) is 20.2. The summed E-state index contributed by atoms with van der Waals surface area (Å²) in [6, 6.07) is 77.2. The van der Waals surface area contributed by atoms with Gasteiger partial charge in [-0.25, -0.2) is 9.97 Å². The minimum absolute atomic E-state index is 0.650. The highest BCUT2D eigenvalue weighted by Gasteiger charge is 2.15. The molecule has 0 aliphatic carbocycles. The lowest BCUT2D eigenvalue weighted by atomic mass is 9.89. The smallest absolute Gasteiger partial charge is 0.160 e. The molecule has 0 saturated carbocycles. The SMILES string of the molecule is N#Cc1ccc(-c2ccc(-c3cc(-c4ccc(-c5ccc6cc(-c7c8ccccc8cc8c7ccc7ccccc78)ccc6c5)cc4)nc(-c4ccccc4)n3)cc2)cc1. The number of benzene rings is 10. The highest BCUT2D eigenvalue weighted by molar-refractivity contribution is 6.20. The molecule has 0 aliphatic rings. The van der Waals surface area contributed by atoms with Crippen molar-refractivity contribution in [3.05, 3.63) is 218 Å². The molecule has 0 saturated heterocycles. The predicted octanol–water partition coefficient (Wildman–Crippen LogP) is 15.0. The van der Waals surface area contributed by atoms with Gasteiger partial charge in [0, 0.05) is 16.7 Å². The average molecular weight is 762 g/mol. The van der Waals surface area contributed by atoms with Gasteiger partial charge >= 0.3 is 0 Å². The second-order valence-electron chi connectivity index (χ2n) is 15.3. The van der Waals surface area contributed by atoms with Gasteiger partial charge in [-0.2, -0.15) is 5.26 Å². The number of hydrogen-bond acceptors (Lipinski definition) is 3. The molecule has 11 aromatic rings. The lowest BCUT2D eigenvalue weighted by Gasteiger charge is -2.15. The zero-order valence-corrected chi connectivity index (χ0v) is 32.5. The van der Waals surface area contributed by atoms with Crippen LogP contribution in [0.25, 0.3) is 110 Å². The monoisotopic (exact) mass is 761 g/mol. The van der Waals surface area contributed by atoms with E-state index in [0.29, 0.717) is 11.4 Å². The first kappa shape index (κ1) is 35.0. The number of hydrogen-bond donors (Lipinski definition) is 0. The van der Waals surface area contributed by atoms with Gasteiger partial charge in [0.25, 0.3) is 0 Å². The Balaban J connectivity index is 0.928. The maximum atomic E-state index is 9.21. The fourth-order valence-electron chi connectivity index (χ4n) is 8.58. The van der Waals surface area contributed by atoms with Crippen molar-refractivity contribution >= 4 is 43.1 Å². The third-order valence-corrected chi connectivity index (χ3v) is 11.7. The van der Waals surface area contributed by atoms with E-state index in [1.54, 1.807) is 0 Å². The van der Waals surface area contributed by atoms with E-state index in [4.69, 9.17) is 9.97 Å². The van der Waals surface area contributed by atoms with Crippen molar-refractivity contribution in [3.63, 3.8) is 0 Å². The highest BCUT2D eigenvalue weighted by Crippen LogP contribution is 2.41. The van der Waals surface area contributed by atoms with Gasteiger partial charge in [-0.05, 0) is 113 Å². The Morgan fingerprint density at radius 3 is 1.47 bits per heavy atom. The standard InChI is InChI=1S/C57H35N3/c58-36-37-14-16-38(17-15-37)39-18-22-42(23-19-39)54-35-55(60-57(59-54)44-9-2-1-3-10-44)43-24-20-40(21-25-43)45-26-27-47-33-49(29-28-46(47)32-45)56-51-13-7-5-11-48(51)34-53-50-12-6-4-8-41(50)30-31-52(53)56/h1-35H. The van der Waals surface area contributed by atoms with Gasteiger partial charge in [0.15, 0.2) is 5.82 Å². The molecule has 0 aliphatic heterocycles. The Morgan fingerprint density at radius 1 is 0.300 bits per heavy atom.